The fraction of sp³-hybridized carbons (Fsp3) is 0.357. The summed E-state index contributed by atoms with van der Waals surface area (Å²) in [4.78, 5) is 5.74. The summed E-state index contributed by atoms with van der Waals surface area (Å²) in [5.74, 6) is 0. The molecule has 0 saturated heterocycles. The Morgan fingerprint density at radius 3 is 2.58 bits per heavy atom. The van der Waals surface area contributed by atoms with Gasteiger partial charge < -0.3 is 5.73 Å². The van der Waals surface area contributed by atoms with Crippen molar-refractivity contribution in [3.63, 3.8) is 0 Å². The van der Waals surface area contributed by atoms with Gasteiger partial charge in [0.25, 0.3) is 0 Å². The van der Waals surface area contributed by atoms with E-state index in [0.717, 1.165) is 21.1 Å². The SMILES string of the molecule is CC(C)(C)c1nc(N)sc1Cc1cc(Br)ccc1Br. The summed E-state index contributed by atoms with van der Waals surface area (Å²) in [5, 5.41) is 0.644. The quantitative estimate of drug-likeness (QED) is 0.753. The van der Waals surface area contributed by atoms with Crippen LogP contribution in [-0.2, 0) is 11.8 Å². The van der Waals surface area contributed by atoms with E-state index >= 15 is 0 Å². The van der Waals surface area contributed by atoms with Crippen LogP contribution in [0.25, 0.3) is 0 Å². The van der Waals surface area contributed by atoms with Crippen LogP contribution in [0, 0.1) is 0 Å². The number of rotatable bonds is 2. The molecule has 0 radical (unpaired) electrons. The van der Waals surface area contributed by atoms with Gasteiger partial charge in [-0.15, -0.1) is 11.3 Å². The maximum atomic E-state index is 5.88. The predicted octanol–water partition coefficient (Wildman–Crippen LogP) is 5.14. The zero-order chi connectivity index (χ0) is 14.2. The Balaban J connectivity index is 2.41. The molecule has 0 unspecified atom stereocenters. The van der Waals surface area contributed by atoms with E-state index in [-0.39, 0.29) is 5.41 Å². The van der Waals surface area contributed by atoms with E-state index in [2.05, 4.69) is 69.7 Å². The largest absolute Gasteiger partial charge is 0.375 e. The van der Waals surface area contributed by atoms with Gasteiger partial charge in [0, 0.05) is 25.7 Å². The lowest BCUT2D eigenvalue weighted by atomic mass is 9.90. The van der Waals surface area contributed by atoms with Crippen molar-refractivity contribution in [1.82, 2.24) is 4.98 Å². The highest BCUT2D eigenvalue weighted by atomic mass is 79.9. The maximum absolute atomic E-state index is 5.88. The van der Waals surface area contributed by atoms with Crippen LogP contribution < -0.4 is 5.73 Å². The highest BCUT2D eigenvalue weighted by Crippen LogP contribution is 2.34. The fourth-order valence-corrected chi connectivity index (χ4v) is 3.79. The molecule has 0 saturated carbocycles. The number of hydrogen-bond donors (Lipinski definition) is 1. The molecule has 1 heterocycles. The molecule has 0 aliphatic carbocycles. The number of benzene rings is 1. The van der Waals surface area contributed by atoms with Crippen LogP contribution in [0.1, 0.15) is 36.9 Å². The first-order valence-corrected chi connectivity index (χ1v) is 8.37. The summed E-state index contributed by atoms with van der Waals surface area (Å²) in [6.07, 6.45) is 0.849. The smallest absolute Gasteiger partial charge is 0.180 e. The van der Waals surface area contributed by atoms with Crippen molar-refractivity contribution in [2.75, 3.05) is 5.73 Å². The van der Waals surface area contributed by atoms with Crippen molar-refractivity contribution in [3.05, 3.63) is 43.3 Å². The zero-order valence-electron chi connectivity index (χ0n) is 11.1. The summed E-state index contributed by atoms with van der Waals surface area (Å²) in [5.41, 5.74) is 8.24. The van der Waals surface area contributed by atoms with Crippen molar-refractivity contribution in [1.29, 1.82) is 0 Å². The molecule has 0 spiro atoms. The Kier molecular flexibility index (Phi) is 4.38. The van der Waals surface area contributed by atoms with E-state index in [0.29, 0.717) is 5.13 Å². The third kappa shape index (κ3) is 3.58. The van der Waals surface area contributed by atoms with Crippen LogP contribution in [0.15, 0.2) is 27.1 Å². The molecule has 1 aromatic carbocycles. The second kappa shape index (κ2) is 5.54. The number of nitrogen functional groups attached to an aromatic ring is 1. The summed E-state index contributed by atoms with van der Waals surface area (Å²) < 4.78 is 2.20. The van der Waals surface area contributed by atoms with Gasteiger partial charge >= 0.3 is 0 Å². The molecule has 2 N–H and O–H groups in total. The second-order valence-electron chi connectivity index (χ2n) is 5.49. The van der Waals surface area contributed by atoms with E-state index < -0.39 is 0 Å². The molecular formula is C14H16Br2N2S. The van der Waals surface area contributed by atoms with Gasteiger partial charge in [0.1, 0.15) is 0 Å². The molecule has 0 atom stereocenters. The highest BCUT2D eigenvalue weighted by molar-refractivity contribution is 9.11. The van der Waals surface area contributed by atoms with Crippen LogP contribution in [0.2, 0.25) is 0 Å². The van der Waals surface area contributed by atoms with Gasteiger partial charge in [-0.1, -0.05) is 52.6 Å². The van der Waals surface area contributed by atoms with Gasteiger partial charge in [-0.3, -0.25) is 0 Å². The van der Waals surface area contributed by atoms with Gasteiger partial charge in [-0.05, 0) is 23.8 Å². The van der Waals surface area contributed by atoms with Crippen LogP contribution in [0.5, 0.6) is 0 Å². The minimum Gasteiger partial charge on any atom is -0.375 e. The second-order valence-corrected chi connectivity index (χ2v) is 8.37. The molecule has 0 bridgehead atoms. The number of halogens is 2. The first kappa shape index (κ1) is 15.0. The lowest BCUT2D eigenvalue weighted by Crippen LogP contribution is -2.14. The molecule has 0 amide bonds. The number of aromatic nitrogens is 1. The average molecular weight is 404 g/mol. The van der Waals surface area contributed by atoms with Gasteiger partial charge in [0.2, 0.25) is 0 Å². The number of nitrogens with two attached hydrogens (primary N) is 1. The molecular weight excluding hydrogens is 388 g/mol. The summed E-state index contributed by atoms with van der Waals surface area (Å²) in [6.45, 7) is 6.50. The minimum atomic E-state index is 0.0158. The average Bonchev–Trinajstić information content (AvgIpc) is 2.65. The molecule has 5 heteroatoms. The Bertz CT molecular complexity index is 600. The molecule has 102 valence electrons. The summed E-state index contributed by atoms with van der Waals surface area (Å²) in [7, 11) is 0. The van der Waals surface area contributed by atoms with Crippen LogP contribution in [0.3, 0.4) is 0 Å². The Labute approximate surface area is 134 Å². The Morgan fingerprint density at radius 2 is 1.95 bits per heavy atom. The first-order chi connectivity index (χ1) is 8.77. The minimum absolute atomic E-state index is 0.0158. The zero-order valence-corrected chi connectivity index (χ0v) is 15.1. The fourth-order valence-electron chi connectivity index (χ4n) is 1.93. The van der Waals surface area contributed by atoms with Crippen LogP contribution in [-0.4, -0.2) is 4.98 Å². The number of anilines is 1. The number of thiazole rings is 1. The first-order valence-electron chi connectivity index (χ1n) is 5.97. The van der Waals surface area contributed by atoms with Gasteiger partial charge in [0.05, 0.1) is 5.69 Å². The molecule has 2 aromatic rings. The van der Waals surface area contributed by atoms with E-state index in [1.807, 2.05) is 6.07 Å². The van der Waals surface area contributed by atoms with Crippen molar-refractivity contribution in [2.45, 2.75) is 32.6 Å². The van der Waals surface area contributed by atoms with Crippen molar-refractivity contribution >= 4 is 48.3 Å². The van der Waals surface area contributed by atoms with E-state index in [4.69, 9.17) is 5.73 Å². The van der Waals surface area contributed by atoms with E-state index in [1.165, 1.54) is 10.4 Å². The van der Waals surface area contributed by atoms with Gasteiger partial charge in [-0.25, -0.2) is 4.98 Å². The topological polar surface area (TPSA) is 38.9 Å². The van der Waals surface area contributed by atoms with Gasteiger partial charge in [0.15, 0.2) is 5.13 Å². The molecule has 0 fully saturated rings. The molecule has 1 aromatic heterocycles. The highest BCUT2D eigenvalue weighted by Gasteiger charge is 2.23. The lowest BCUT2D eigenvalue weighted by Gasteiger charge is -2.17. The Morgan fingerprint density at radius 1 is 1.26 bits per heavy atom. The third-order valence-electron chi connectivity index (χ3n) is 2.78. The summed E-state index contributed by atoms with van der Waals surface area (Å²) in [6, 6.07) is 6.21. The van der Waals surface area contributed by atoms with Crippen LogP contribution in [0.4, 0.5) is 5.13 Å². The maximum Gasteiger partial charge on any atom is 0.180 e. The standard InChI is InChI=1S/C14H16Br2N2S/c1-14(2,3)12-11(19-13(17)18-12)7-8-6-9(15)4-5-10(8)16/h4-6H,7H2,1-3H3,(H2,17,18). The summed E-state index contributed by atoms with van der Waals surface area (Å²) >= 11 is 8.70. The monoisotopic (exact) mass is 402 g/mol. The van der Waals surface area contributed by atoms with Crippen molar-refractivity contribution in [3.8, 4) is 0 Å². The molecule has 0 aliphatic heterocycles. The molecule has 2 rings (SSSR count). The van der Waals surface area contributed by atoms with E-state index in [9.17, 15) is 0 Å². The van der Waals surface area contributed by atoms with E-state index in [1.54, 1.807) is 11.3 Å². The molecule has 19 heavy (non-hydrogen) atoms. The molecule has 2 nitrogen and oxygen atoms in total. The number of nitrogens with zero attached hydrogens (tertiary/aromatic N) is 1. The van der Waals surface area contributed by atoms with Gasteiger partial charge in [-0.2, -0.15) is 0 Å². The predicted molar refractivity (Wildman–Crippen MR) is 89.9 cm³/mol. The Hall–Kier alpha value is -0.390. The molecule has 0 aliphatic rings. The lowest BCUT2D eigenvalue weighted by molar-refractivity contribution is 0.568. The normalized spacial score (nSPS) is 11.8. The van der Waals surface area contributed by atoms with Crippen molar-refractivity contribution in [2.24, 2.45) is 0 Å². The number of hydrogen-bond acceptors (Lipinski definition) is 3. The van der Waals surface area contributed by atoms with Crippen molar-refractivity contribution < 1.29 is 0 Å². The third-order valence-corrected chi connectivity index (χ3v) is 4.93. The van der Waals surface area contributed by atoms with Crippen LogP contribution >= 0.6 is 43.2 Å².